The van der Waals surface area contributed by atoms with E-state index in [4.69, 9.17) is 16.0 Å². The molecule has 0 aliphatic heterocycles. The van der Waals surface area contributed by atoms with Gasteiger partial charge in [-0.05, 0) is 46.3 Å². The second kappa shape index (κ2) is 5.38. The summed E-state index contributed by atoms with van der Waals surface area (Å²) in [5.41, 5.74) is 0.549. The first-order valence-electron chi connectivity index (χ1n) is 4.92. The van der Waals surface area contributed by atoms with Crippen LogP contribution in [0.3, 0.4) is 0 Å². The molecule has 0 atom stereocenters. The lowest BCUT2D eigenvalue weighted by molar-refractivity contribution is 0.0948. The molecular weight excluding hydrogens is 305 g/mol. The van der Waals surface area contributed by atoms with Crippen molar-refractivity contribution in [3.05, 3.63) is 57.4 Å². The third-order valence-corrected chi connectivity index (χ3v) is 3.40. The van der Waals surface area contributed by atoms with Crippen molar-refractivity contribution in [3.63, 3.8) is 0 Å². The molecule has 1 aromatic heterocycles. The van der Waals surface area contributed by atoms with Gasteiger partial charge in [0.25, 0.3) is 5.91 Å². The van der Waals surface area contributed by atoms with Gasteiger partial charge in [0.05, 0.1) is 17.8 Å². The minimum absolute atomic E-state index is 0.168. The minimum Gasteiger partial charge on any atom is -0.467 e. The third kappa shape index (κ3) is 3.11. The Morgan fingerprint density at radius 2 is 2.24 bits per heavy atom. The Labute approximate surface area is 112 Å². The maximum atomic E-state index is 11.8. The van der Waals surface area contributed by atoms with E-state index in [0.717, 1.165) is 0 Å². The lowest BCUT2D eigenvalue weighted by atomic mass is 10.2. The number of hydrogen-bond acceptors (Lipinski definition) is 2. The predicted octanol–water partition coefficient (Wildman–Crippen LogP) is 3.63. The fourth-order valence-electron chi connectivity index (χ4n) is 1.32. The van der Waals surface area contributed by atoms with Gasteiger partial charge < -0.3 is 9.73 Å². The van der Waals surface area contributed by atoms with E-state index in [-0.39, 0.29) is 5.91 Å². The van der Waals surface area contributed by atoms with Crippen LogP contribution in [0.15, 0.2) is 45.5 Å². The molecule has 3 nitrogen and oxygen atoms in total. The van der Waals surface area contributed by atoms with E-state index >= 15 is 0 Å². The number of halogens is 2. The second-order valence-corrected chi connectivity index (χ2v) is 4.65. The standard InChI is InChI=1S/C12H9BrClNO2/c13-10-6-8(3-4-11(10)14)12(16)15-7-9-2-1-5-17-9/h1-6H,7H2,(H,15,16). The molecule has 0 spiro atoms. The predicted molar refractivity (Wildman–Crippen MR) is 69.0 cm³/mol. The molecule has 17 heavy (non-hydrogen) atoms. The number of carbonyl (C=O) groups excluding carboxylic acids is 1. The molecule has 0 fully saturated rings. The van der Waals surface area contributed by atoms with E-state index in [1.807, 2.05) is 0 Å². The Kier molecular flexibility index (Phi) is 3.86. The molecular formula is C12H9BrClNO2. The monoisotopic (exact) mass is 313 g/mol. The molecule has 0 saturated heterocycles. The van der Waals surface area contributed by atoms with Crippen molar-refractivity contribution in [1.29, 1.82) is 0 Å². The summed E-state index contributed by atoms with van der Waals surface area (Å²) in [6, 6.07) is 8.61. The van der Waals surface area contributed by atoms with Crippen LogP contribution in [0.1, 0.15) is 16.1 Å². The van der Waals surface area contributed by atoms with Crippen LogP contribution in [0.2, 0.25) is 5.02 Å². The third-order valence-electron chi connectivity index (χ3n) is 2.19. The lowest BCUT2D eigenvalue weighted by Crippen LogP contribution is -2.22. The van der Waals surface area contributed by atoms with Gasteiger partial charge in [0.1, 0.15) is 5.76 Å². The zero-order valence-electron chi connectivity index (χ0n) is 8.74. The SMILES string of the molecule is O=C(NCc1ccco1)c1ccc(Cl)c(Br)c1. The number of nitrogens with one attached hydrogen (secondary N) is 1. The quantitative estimate of drug-likeness (QED) is 0.940. The smallest absolute Gasteiger partial charge is 0.251 e. The largest absolute Gasteiger partial charge is 0.467 e. The van der Waals surface area contributed by atoms with Crippen LogP contribution >= 0.6 is 27.5 Å². The van der Waals surface area contributed by atoms with Gasteiger partial charge in [0.15, 0.2) is 0 Å². The fraction of sp³-hybridized carbons (Fsp3) is 0.0833. The number of carbonyl (C=O) groups is 1. The molecule has 5 heteroatoms. The van der Waals surface area contributed by atoms with Crippen LogP contribution in [0, 0.1) is 0 Å². The van der Waals surface area contributed by atoms with Crippen molar-refractivity contribution in [2.24, 2.45) is 0 Å². The van der Waals surface area contributed by atoms with Crippen molar-refractivity contribution >= 4 is 33.4 Å². The Bertz CT molecular complexity index is 525. The Hall–Kier alpha value is -1.26. The normalized spacial score (nSPS) is 10.2. The van der Waals surface area contributed by atoms with E-state index in [0.29, 0.717) is 27.4 Å². The topological polar surface area (TPSA) is 42.2 Å². The van der Waals surface area contributed by atoms with Gasteiger partial charge >= 0.3 is 0 Å². The molecule has 1 N–H and O–H groups in total. The average molecular weight is 315 g/mol. The number of furan rings is 1. The highest BCUT2D eigenvalue weighted by atomic mass is 79.9. The number of amides is 1. The van der Waals surface area contributed by atoms with Crippen molar-refractivity contribution in [2.75, 3.05) is 0 Å². The average Bonchev–Trinajstić information content (AvgIpc) is 2.82. The summed E-state index contributed by atoms with van der Waals surface area (Å²) in [4.78, 5) is 11.8. The highest BCUT2D eigenvalue weighted by molar-refractivity contribution is 9.10. The number of hydrogen-bond donors (Lipinski definition) is 1. The summed E-state index contributed by atoms with van der Waals surface area (Å²) in [5, 5.41) is 3.33. The molecule has 1 heterocycles. The maximum Gasteiger partial charge on any atom is 0.251 e. The van der Waals surface area contributed by atoms with Crippen molar-refractivity contribution in [2.45, 2.75) is 6.54 Å². The molecule has 88 valence electrons. The van der Waals surface area contributed by atoms with Crippen LogP contribution < -0.4 is 5.32 Å². The van der Waals surface area contributed by atoms with Crippen LogP contribution in [-0.4, -0.2) is 5.91 Å². The second-order valence-electron chi connectivity index (χ2n) is 3.39. The lowest BCUT2D eigenvalue weighted by Gasteiger charge is -2.04. The molecule has 1 aromatic carbocycles. The van der Waals surface area contributed by atoms with Gasteiger partial charge in [-0.1, -0.05) is 11.6 Å². The van der Waals surface area contributed by atoms with Gasteiger partial charge in [0.2, 0.25) is 0 Å². The zero-order chi connectivity index (χ0) is 12.3. The van der Waals surface area contributed by atoms with Crippen LogP contribution in [-0.2, 0) is 6.54 Å². The van der Waals surface area contributed by atoms with E-state index < -0.39 is 0 Å². The summed E-state index contributed by atoms with van der Waals surface area (Å²) >= 11 is 9.12. The summed E-state index contributed by atoms with van der Waals surface area (Å²) in [7, 11) is 0. The minimum atomic E-state index is -0.168. The summed E-state index contributed by atoms with van der Waals surface area (Å²) in [5.74, 6) is 0.546. The van der Waals surface area contributed by atoms with E-state index in [1.165, 1.54) is 0 Å². The maximum absolute atomic E-state index is 11.8. The fourth-order valence-corrected chi connectivity index (χ4v) is 1.82. The van der Waals surface area contributed by atoms with E-state index in [9.17, 15) is 4.79 Å². The number of rotatable bonds is 3. The Balaban J connectivity index is 2.02. The molecule has 2 aromatic rings. The van der Waals surface area contributed by atoms with Crippen LogP contribution in [0.5, 0.6) is 0 Å². The van der Waals surface area contributed by atoms with Crippen molar-refractivity contribution in [3.8, 4) is 0 Å². The van der Waals surface area contributed by atoms with E-state index in [1.54, 1.807) is 36.6 Å². The van der Waals surface area contributed by atoms with Crippen molar-refractivity contribution in [1.82, 2.24) is 5.32 Å². The number of benzene rings is 1. The van der Waals surface area contributed by atoms with Crippen LogP contribution in [0.25, 0.3) is 0 Å². The Morgan fingerprint density at radius 1 is 1.41 bits per heavy atom. The molecule has 0 aliphatic carbocycles. The highest BCUT2D eigenvalue weighted by Crippen LogP contribution is 2.23. The summed E-state index contributed by atoms with van der Waals surface area (Å²) in [6.45, 7) is 0.367. The first-order valence-corrected chi connectivity index (χ1v) is 6.09. The molecule has 2 rings (SSSR count). The van der Waals surface area contributed by atoms with Gasteiger partial charge in [0, 0.05) is 10.0 Å². The summed E-state index contributed by atoms with van der Waals surface area (Å²) < 4.78 is 5.82. The molecule has 0 unspecified atom stereocenters. The first-order chi connectivity index (χ1) is 8.16. The first kappa shape index (κ1) is 12.2. The summed E-state index contributed by atoms with van der Waals surface area (Å²) in [6.07, 6.45) is 1.57. The Morgan fingerprint density at radius 3 is 2.88 bits per heavy atom. The molecule has 0 bridgehead atoms. The van der Waals surface area contributed by atoms with Gasteiger partial charge in [-0.3, -0.25) is 4.79 Å². The molecule has 0 saturated carbocycles. The zero-order valence-corrected chi connectivity index (χ0v) is 11.1. The molecule has 1 amide bonds. The molecule has 0 radical (unpaired) electrons. The van der Waals surface area contributed by atoms with Crippen LogP contribution in [0.4, 0.5) is 0 Å². The van der Waals surface area contributed by atoms with E-state index in [2.05, 4.69) is 21.2 Å². The van der Waals surface area contributed by atoms with Gasteiger partial charge in [-0.25, -0.2) is 0 Å². The highest BCUT2D eigenvalue weighted by Gasteiger charge is 2.08. The van der Waals surface area contributed by atoms with Gasteiger partial charge in [-0.15, -0.1) is 0 Å². The van der Waals surface area contributed by atoms with Gasteiger partial charge in [-0.2, -0.15) is 0 Å². The molecule has 0 aliphatic rings. The van der Waals surface area contributed by atoms with Crippen molar-refractivity contribution < 1.29 is 9.21 Å².